The van der Waals surface area contributed by atoms with E-state index in [2.05, 4.69) is 42.3 Å². The SMILES string of the molecule is COc1cc(NN=C2C=C(C(=O)O)C(=O)C(S(=O)(=O)O)=C2)c(C)cc1NC(=O)c1cccc(NC(=O)Nc2cccc(C(=O)Nc3cc(C)c(NN=C4C=C(C(=O)O)C(=O)C(S(=O)(=O)O)=C4)cc3OC)c2)c1. The number of nitrogens with one attached hydrogen (secondary N) is 6. The third-order valence-corrected chi connectivity index (χ3v) is 11.8. The van der Waals surface area contributed by atoms with E-state index in [4.69, 9.17) is 9.47 Å². The molecule has 4 aromatic carbocycles. The molecule has 372 valence electrons. The molecule has 0 saturated carbocycles. The van der Waals surface area contributed by atoms with Crippen molar-refractivity contribution in [3.63, 3.8) is 0 Å². The number of hydrogen-bond donors (Lipinski definition) is 10. The highest BCUT2D eigenvalue weighted by Gasteiger charge is 2.34. The number of ketones is 2. The normalized spacial score (nSPS) is 14.8. The van der Waals surface area contributed by atoms with Gasteiger partial charge in [-0.1, -0.05) is 12.1 Å². The highest BCUT2D eigenvalue weighted by Crippen LogP contribution is 2.34. The third kappa shape index (κ3) is 12.3. The number of methoxy groups -OCH3 is 2. The quantitative estimate of drug-likeness (QED) is 0.0313. The number of aliphatic carboxylic acids is 2. The Hall–Kier alpha value is -9.31. The molecule has 0 fully saturated rings. The highest BCUT2D eigenvalue weighted by atomic mass is 32.2. The Labute approximate surface area is 407 Å². The predicted octanol–water partition coefficient (Wildman–Crippen LogP) is 4.74. The van der Waals surface area contributed by atoms with E-state index in [1.807, 2.05) is 0 Å². The smallest absolute Gasteiger partial charge is 0.339 e. The topological polar surface area (TPSA) is 384 Å². The van der Waals surface area contributed by atoms with Crippen LogP contribution < -0.4 is 41.6 Å². The van der Waals surface area contributed by atoms with Crippen molar-refractivity contribution in [3.05, 3.63) is 140 Å². The number of benzene rings is 4. The summed E-state index contributed by atoms with van der Waals surface area (Å²) in [6.45, 7) is 3.22. The lowest BCUT2D eigenvalue weighted by Gasteiger charge is -2.16. The van der Waals surface area contributed by atoms with Gasteiger partial charge in [0.15, 0.2) is 0 Å². The van der Waals surface area contributed by atoms with Gasteiger partial charge >= 0.3 is 18.0 Å². The zero-order valence-corrected chi connectivity index (χ0v) is 39.2. The second kappa shape index (κ2) is 21.1. The molecule has 0 aromatic heterocycles. The second-order valence-corrected chi connectivity index (χ2v) is 17.8. The van der Waals surface area contributed by atoms with Gasteiger partial charge in [-0.05, 0) is 97.8 Å². The zero-order chi connectivity index (χ0) is 52.8. The summed E-state index contributed by atoms with van der Waals surface area (Å²) < 4.78 is 76.6. The summed E-state index contributed by atoms with van der Waals surface area (Å²) in [5.74, 6) is -7.34. The fourth-order valence-electron chi connectivity index (χ4n) is 6.56. The Morgan fingerprint density at radius 3 is 1.24 bits per heavy atom. The fraction of sp³-hybridized carbons (Fsp3) is 0.0889. The van der Waals surface area contributed by atoms with E-state index in [1.54, 1.807) is 13.8 Å². The van der Waals surface area contributed by atoms with Crippen molar-refractivity contribution in [2.75, 3.05) is 46.3 Å². The minimum absolute atomic E-state index is 0.108. The summed E-state index contributed by atoms with van der Waals surface area (Å²) in [6, 6.07) is 16.9. The number of carboxylic acid groups (broad SMARTS) is 2. The lowest BCUT2D eigenvalue weighted by Crippen LogP contribution is -2.24. The first-order valence-corrected chi connectivity index (χ1v) is 23.1. The molecule has 6 rings (SSSR count). The average molecular weight is 1030 g/mol. The van der Waals surface area contributed by atoms with E-state index in [1.165, 1.54) is 87.0 Å². The standard InChI is InChI=1S/C45H38N8O17S2/c1-21-11-33(35(69-3)19-31(21)52-50-27-15-29(43(58)59)39(54)37(17-27)71(63,64)65)48-41(56)23-7-5-9-25(13-23)46-45(62)47-26-10-6-8-24(14-26)42(57)49-34-12-22(2)32(20-36(34)70-4)53-51-28-16-30(44(60)61)40(55)38(18-28)72(66,67)68/h5-20,52-53H,1-4H3,(H,48,56)(H,49,57)(H,58,59)(H,60,61)(H2,46,47,62)(H,63,64,65)(H,66,67,68). The van der Waals surface area contributed by atoms with Crippen LogP contribution in [0, 0.1) is 13.8 Å². The number of rotatable bonds is 16. The van der Waals surface area contributed by atoms with Crippen molar-refractivity contribution in [1.82, 2.24) is 0 Å². The molecule has 0 saturated heterocycles. The monoisotopic (exact) mass is 1030 g/mol. The predicted molar refractivity (Wildman–Crippen MR) is 260 cm³/mol. The molecule has 0 atom stereocenters. The van der Waals surface area contributed by atoms with Crippen LogP contribution in [0.4, 0.5) is 38.9 Å². The molecule has 4 amide bonds. The molecule has 25 nitrogen and oxygen atoms in total. The van der Waals surface area contributed by atoms with Crippen LogP contribution in [0.15, 0.2) is 128 Å². The highest BCUT2D eigenvalue weighted by molar-refractivity contribution is 7.91. The van der Waals surface area contributed by atoms with Crippen LogP contribution in [0.25, 0.3) is 0 Å². The Morgan fingerprint density at radius 2 is 0.903 bits per heavy atom. The Morgan fingerprint density at radius 1 is 0.528 bits per heavy atom. The number of amides is 4. The van der Waals surface area contributed by atoms with E-state index >= 15 is 0 Å². The van der Waals surface area contributed by atoms with Crippen LogP contribution in [-0.2, 0) is 39.4 Å². The molecule has 2 aliphatic rings. The van der Waals surface area contributed by atoms with Gasteiger partial charge in [-0.25, -0.2) is 14.4 Å². The number of anilines is 6. The number of Topliss-reactive ketones (excluding diaryl/α,β-unsaturated/α-hetero) is 2. The maximum absolute atomic E-state index is 13.4. The lowest BCUT2D eigenvalue weighted by molar-refractivity contribution is -0.135. The summed E-state index contributed by atoms with van der Waals surface area (Å²) >= 11 is 0. The number of urea groups is 1. The first kappa shape index (κ1) is 52.1. The molecule has 27 heteroatoms. The Balaban J connectivity index is 1.09. The van der Waals surface area contributed by atoms with Crippen molar-refractivity contribution in [2.45, 2.75) is 13.8 Å². The molecule has 0 heterocycles. The Kier molecular flexibility index (Phi) is 15.3. The number of nitrogens with zero attached hydrogens (tertiary/aromatic N) is 2. The number of carbonyl (C=O) groups excluding carboxylic acids is 5. The number of hydrazone groups is 2. The number of ether oxygens (including phenoxy) is 2. The van der Waals surface area contributed by atoms with Crippen molar-refractivity contribution in [2.24, 2.45) is 10.2 Å². The first-order valence-electron chi connectivity index (χ1n) is 20.2. The van der Waals surface area contributed by atoms with E-state index in [9.17, 15) is 69.7 Å². The summed E-state index contributed by atoms with van der Waals surface area (Å²) in [5.41, 5.74) is 5.14. The fourth-order valence-corrected chi connectivity index (χ4v) is 7.79. The first-order chi connectivity index (χ1) is 33.9. The molecule has 0 bridgehead atoms. The number of aryl methyl sites for hydroxylation is 2. The minimum atomic E-state index is -5.09. The molecule has 2 aliphatic carbocycles. The summed E-state index contributed by atoms with van der Waals surface area (Å²) in [7, 11) is -7.56. The summed E-state index contributed by atoms with van der Waals surface area (Å²) in [6.07, 6.45) is 3.01. The van der Waals surface area contributed by atoms with Gasteiger partial charge in [0.05, 0.1) is 48.4 Å². The van der Waals surface area contributed by atoms with Crippen LogP contribution in [0.2, 0.25) is 0 Å². The number of carboxylic acids is 2. The van der Waals surface area contributed by atoms with Crippen molar-refractivity contribution >= 4 is 107 Å². The Bertz CT molecular complexity index is 3240. The van der Waals surface area contributed by atoms with E-state index in [0.717, 1.165) is 12.2 Å². The molecule has 0 radical (unpaired) electrons. The van der Waals surface area contributed by atoms with E-state index in [0.29, 0.717) is 23.3 Å². The van der Waals surface area contributed by atoms with Gasteiger partial charge in [0.1, 0.15) is 32.5 Å². The molecule has 0 aliphatic heterocycles. The van der Waals surface area contributed by atoms with Gasteiger partial charge in [-0.15, -0.1) is 0 Å². The zero-order valence-electron chi connectivity index (χ0n) is 37.5. The molecule has 0 unspecified atom stereocenters. The second-order valence-electron chi connectivity index (χ2n) is 15.0. The van der Waals surface area contributed by atoms with Gasteiger partial charge in [-0.3, -0.25) is 39.1 Å². The number of hydrogen-bond acceptors (Lipinski definition) is 17. The molecular weight excluding hydrogens is 989 g/mol. The third-order valence-electron chi connectivity index (χ3n) is 10.1. The van der Waals surface area contributed by atoms with Crippen molar-refractivity contribution < 1.29 is 79.2 Å². The maximum atomic E-state index is 13.4. The largest absolute Gasteiger partial charge is 0.494 e. The minimum Gasteiger partial charge on any atom is -0.494 e. The van der Waals surface area contributed by atoms with Crippen LogP contribution in [0.5, 0.6) is 11.5 Å². The van der Waals surface area contributed by atoms with Crippen LogP contribution in [0.3, 0.4) is 0 Å². The van der Waals surface area contributed by atoms with Gasteiger partial charge < -0.3 is 41.0 Å². The molecular formula is C45H38N8O17S2. The number of allylic oxidation sites excluding steroid dienone is 6. The maximum Gasteiger partial charge on any atom is 0.339 e. The van der Waals surface area contributed by atoms with Gasteiger partial charge in [0, 0.05) is 34.6 Å². The van der Waals surface area contributed by atoms with Crippen molar-refractivity contribution in [3.8, 4) is 11.5 Å². The lowest BCUT2D eigenvalue weighted by atomic mass is 10.0. The van der Waals surface area contributed by atoms with Crippen LogP contribution >= 0.6 is 0 Å². The molecule has 0 spiro atoms. The molecule has 10 N–H and O–H groups in total. The molecule has 4 aromatic rings. The summed E-state index contributed by atoms with van der Waals surface area (Å²) in [4.78, 5) is 85.2. The van der Waals surface area contributed by atoms with E-state index in [-0.39, 0.29) is 68.2 Å². The van der Waals surface area contributed by atoms with Crippen LogP contribution in [-0.4, -0.2) is 103 Å². The van der Waals surface area contributed by atoms with Gasteiger partial charge in [-0.2, -0.15) is 27.0 Å². The van der Waals surface area contributed by atoms with Crippen LogP contribution in [0.1, 0.15) is 31.8 Å². The summed E-state index contributed by atoms with van der Waals surface area (Å²) in [5, 5.41) is 37.3. The van der Waals surface area contributed by atoms with Crippen molar-refractivity contribution in [1.29, 1.82) is 0 Å². The number of carbonyl (C=O) groups is 7. The van der Waals surface area contributed by atoms with Gasteiger partial charge in [0.2, 0.25) is 11.6 Å². The average Bonchev–Trinajstić information content (AvgIpc) is 3.30. The van der Waals surface area contributed by atoms with E-state index < -0.39 is 82.5 Å². The molecule has 72 heavy (non-hydrogen) atoms. The van der Waals surface area contributed by atoms with Gasteiger partial charge in [0.25, 0.3) is 32.1 Å².